The summed E-state index contributed by atoms with van der Waals surface area (Å²) in [6.45, 7) is 3.54. The molecule has 2 rings (SSSR count). The Morgan fingerprint density at radius 1 is 1.12 bits per heavy atom. The van der Waals surface area contributed by atoms with E-state index < -0.39 is 10.0 Å². The van der Waals surface area contributed by atoms with E-state index in [9.17, 15) is 8.42 Å². The largest absolute Gasteiger partial charge is 0.267 e. The standard InChI is InChI=1S/C18H21ClN2O2S/c1-14-8-10-18(11-9-14)24(22,23)21-15(2)20-17(13-19)12-16-6-4-3-5-7-16/h3-11,17H,12-13H2,1-2H3,(H,20,21). The minimum atomic E-state index is -3.63. The van der Waals surface area contributed by atoms with Gasteiger partial charge in [-0.25, -0.2) is 8.42 Å². The summed E-state index contributed by atoms with van der Waals surface area (Å²) in [5, 5.41) is 0. The van der Waals surface area contributed by atoms with Crippen molar-refractivity contribution in [1.29, 1.82) is 0 Å². The molecule has 0 radical (unpaired) electrons. The fourth-order valence-electron chi connectivity index (χ4n) is 2.29. The maximum Gasteiger partial charge on any atom is 0.262 e. The zero-order valence-electron chi connectivity index (χ0n) is 13.7. The van der Waals surface area contributed by atoms with Gasteiger partial charge in [-0.3, -0.25) is 9.71 Å². The van der Waals surface area contributed by atoms with Gasteiger partial charge in [-0.1, -0.05) is 48.0 Å². The van der Waals surface area contributed by atoms with E-state index in [1.54, 1.807) is 31.2 Å². The normalized spacial score (nSPS) is 13.5. The van der Waals surface area contributed by atoms with Gasteiger partial charge in [0.25, 0.3) is 10.0 Å². The number of hydrogen-bond donors (Lipinski definition) is 1. The molecule has 0 spiro atoms. The first-order valence-corrected chi connectivity index (χ1v) is 9.66. The number of benzene rings is 2. The zero-order chi connectivity index (χ0) is 17.6. The number of aliphatic imine (C=N–C) groups is 1. The molecule has 2 aromatic carbocycles. The molecule has 0 aliphatic rings. The van der Waals surface area contributed by atoms with Gasteiger partial charge >= 0.3 is 0 Å². The molecular formula is C18H21ClN2O2S. The number of sulfonamides is 1. The Balaban J connectivity index is 2.09. The van der Waals surface area contributed by atoms with Crippen LogP contribution in [0.4, 0.5) is 0 Å². The van der Waals surface area contributed by atoms with Crippen LogP contribution in [0.2, 0.25) is 0 Å². The second kappa shape index (κ2) is 8.31. The molecular weight excluding hydrogens is 344 g/mol. The summed E-state index contributed by atoms with van der Waals surface area (Å²) in [5.74, 6) is 0.649. The van der Waals surface area contributed by atoms with Gasteiger partial charge in [-0.15, -0.1) is 11.6 Å². The fourth-order valence-corrected chi connectivity index (χ4v) is 3.52. The molecule has 6 heteroatoms. The molecule has 4 nitrogen and oxygen atoms in total. The SMILES string of the molecule is CC(=NC(CCl)Cc1ccccc1)NS(=O)(=O)c1ccc(C)cc1. The van der Waals surface area contributed by atoms with Crippen LogP contribution in [0.5, 0.6) is 0 Å². The fraction of sp³-hybridized carbons (Fsp3) is 0.278. The third-order valence-electron chi connectivity index (χ3n) is 3.48. The number of nitrogens with one attached hydrogen (secondary N) is 1. The summed E-state index contributed by atoms with van der Waals surface area (Å²) >= 11 is 5.98. The summed E-state index contributed by atoms with van der Waals surface area (Å²) in [7, 11) is -3.63. The van der Waals surface area contributed by atoms with E-state index in [4.69, 9.17) is 11.6 Å². The molecule has 128 valence electrons. The first-order valence-electron chi connectivity index (χ1n) is 7.64. The summed E-state index contributed by atoms with van der Waals surface area (Å²) in [6, 6.07) is 16.4. The van der Waals surface area contributed by atoms with Gasteiger partial charge in [0.05, 0.1) is 10.9 Å². The summed E-state index contributed by atoms with van der Waals surface area (Å²) in [6.07, 6.45) is 0.661. The molecule has 0 bridgehead atoms. The Hall–Kier alpha value is -1.85. The van der Waals surface area contributed by atoms with Crippen molar-refractivity contribution in [2.75, 3.05) is 5.88 Å². The van der Waals surface area contributed by atoms with Gasteiger partial charge in [0.15, 0.2) is 0 Å². The van der Waals surface area contributed by atoms with E-state index in [2.05, 4.69) is 9.71 Å². The van der Waals surface area contributed by atoms with Crippen LogP contribution in [-0.2, 0) is 16.4 Å². The maximum atomic E-state index is 12.4. The zero-order valence-corrected chi connectivity index (χ0v) is 15.3. The van der Waals surface area contributed by atoms with Crippen LogP contribution in [0, 0.1) is 6.92 Å². The smallest absolute Gasteiger partial charge is 0.262 e. The van der Waals surface area contributed by atoms with Crippen LogP contribution in [0.25, 0.3) is 0 Å². The van der Waals surface area contributed by atoms with Crippen molar-refractivity contribution in [3.05, 3.63) is 65.7 Å². The van der Waals surface area contributed by atoms with Gasteiger partial charge in [-0.05, 0) is 38.0 Å². The monoisotopic (exact) mass is 364 g/mol. The van der Waals surface area contributed by atoms with Gasteiger partial charge in [-0.2, -0.15) is 0 Å². The maximum absolute atomic E-state index is 12.4. The van der Waals surface area contributed by atoms with Gasteiger partial charge in [0.2, 0.25) is 0 Å². The lowest BCUT2D eigenvalue weighted by Crippen LogP contribution is -2.30. The Morgan fingerprint density at radius 3 is 2.33 bits per heavy atom. The van der Waals surface area contributed by atoms with Crippen LogP contribution in [0.3, 0.4) is 0 Å². The highest BCUT2D eigenvalue weighted by atomic mass is 35.5. The average Bonchev–Trinajstić information content (AvgIpc) is 2.55. The summed E-state index contributed by atoms with van der Waals surface area (Å²) < 4.78 is 27.2. The van der Waals surface area contributed by atoms with Crippen LogP contribution >= 0.6 is 11.6 Å². The van der Waals surface area contributed by atoms with Crippen molar-refractivity contribution < 1.29 is 8.42 Å². The van der Waals surface area contributed by atoms with Crippen molar-refractivity contribution in [2.45, 2.75) is 31.2 Å². The van der Waals surface area contributed by atoms with Crippen LogP contribution < -0.4 is 4.72 Å². The highest BCUT2D eigenvalue weighted by Crippen LogP contribution is 2.11. The number of rotatable bonds is 6. The van der Waals surface area contributed by atoms with Crippen LogP contribution in [-0.4, -0.2) is 26.2 Å². The third kappa shape index (κ3) is 5.35. The van der Waals surface area contributed by atoms with Crippen LogP contribution in [0.1, 0.15) is 18.1 Å². The molecule has 0 fully saturated rings. The van der Waals surface area contributed by atoms with Crippen LogP contribution in [0.15, 0.2) is 64.5 Å². The second-order valence-corrected chi connectivity index (χ2v) is 7.62. The van der Waals surface area contributed by atoms with E-state index in [0.29, 0.717) is 18.1 Å². The van der Waals surface area contributed by atoms with E-state index >= 15 is 0 Å². The molecule has 1 unspecified atom stereocenters. The summed E-state index contributed by atoms with van der Waals surface area (Å²) in [4.78, 5) is 4.63. The number of nitrogens with zero attached hydrogens (tertiary/aromatic N) is 1. The topological polar surface area (TPSA) is 58.5 Å². The molecule has 0 heterocycles. The minimum absolute atomic E-state index is 0.185. The summed E-state index contributed by atoms with van der Waals surface area (Å²) in [5.41, 5.74) is 2.12. The quantitative estimate of drug-likeness (QED) is 0.484. The number of hydrogen-bond acceptors (Lipinski definition) is 3. The number of aryl methyl sites for hydroxylation is 1. The van der Waals surface area contributed by atoms with E-state index in [1.807, 2.05) is 37.3 Å². The second-order valence-electron chi connectivity index (χ2n) is 5.63. The third-order valence-corrected chi connectivity index (χ3v) is 5.29. The predicted molar refractivity (Wildman–Crippen MR) is 99.3 cm³/mol. The first kappa shape index (κ1) is 18.5. The molecule has 0 aliphatic carbocycles. The molecule has 0 saturated heterocycles. The predicted octanol–water partition coefficient (Wildman–Crippen LogP) is 3.54. The van der Waals surface area contributed by atoms with Gasteiger partial charge in [0, 0.05) is 5.88 Å². The van der Waals surface area contributed by atoms with Gasteiger partial charge < -0.3 is 0 Å². The first-order chi connectivity index (χ1) is 11.4. The molecule has 1 atom stereocenters. The number of alkyl halides is 1. The molecule has 0 saturated carbocycles. The Labute approximate surface area is 148 Å². The lowest BCUT2D eigenvalue weighted by molar-refractivity contribution is 0.592. The molecule has 1 N–H and O–H groups in total. The Kier molecular flexibility index (Phi) is 6.40. The van der Waals surface area contributed by atoms with E-state index in [0.717, 1.165) is 11.1 Å². The van der Waals surface area contributed by atoms with Crippen molar-refractivity contribution in [3.63, 3.8) is 0 Å². The van der Waals surface area contributed by atoms with E-state index in [1.165, 1.54) is 0 Å². The highest BCUT2D eigenvalue weighted by molar-refractivity contribution is 7.90. The Bertz CT molecular complexity index is 788. The lowest BCUT2D eigenvalue weighted by Gasteiger charge is -2.13. The molecule has 0 aromatic heterocycles. The van der Waals surface area contributed by atoms with E-state index in [-0.39, 0.29) is 10.9 Å². The van der Waals surface area contributed by atoms with Crippen molar-refractivity contribution in [1.82, 2.24) is 4.72 Å². The molecule has 24 heavy (non-hydrogen) atoms. The number of amidine groups is 1. The van der Waals surface area contributed by atoms with Crippen molar-refractivity contribution >= 4 is 27.5 Å². The highest BCUT2D eigenvalue weighted by Gasteiger charge is 2.15. The van der Waals surface area contributed by atoms with Gasteiger partial charge in [0.1, 0.15) is 5.84 Å². The average molecular weight is 365 g/mol. The molecule has 0 amide bonds. The minimum Gasteiger partial charge on any atom is -0.267 e. The van der Waals surface area contributed by atoms with Crippen molar-refractivity contribution in [3.8, 4) is 0 Å². The molecule has 0 aliphatic heterocycles. The van der Waals surface area contributed by atoms with Crippen molar-refractivity contribution in [2.24, 2.45) is 4.99 Å². The number of halogens is 1. The molecule has 2 aromatic rings. The Morgan fingerprint density at radius 2 is 1.75 bits per heavy atom. The lowest BCUT2D eigenvalue weighted by atomic mass is 10.1.